The summed E-state index contributed by atoms with van der Waals surface area (Å²) in [6.45, 7) is 1.43. The van der Waals surface area contributed by atoms with Crippen molar-refractivity contribution in [1.29, 1.82) is 0 Å². The standard InChI is InChI=1S/C13H23N3O2/c1-15(2)10-6-8-12(17)16(3)11-7-4-5-9-14-13(11)18/h6,8,11H,4-5,7,9-10H2,1-3H3,(H,14,18)/b8-6+. The molecular weight excluding hydrogens is 230 g/mol. The topological polar surface area (TPSA) is 52.7 Å². The van der Waals surface area contributed by atoms with Crippen LogP contribution >= 0.6 is 0 Å². The maximum atomic E-state index is 11.9. The molecule has 1 aliphatic heterocycles. The van der Waals surface area contributed by atoms with Crippen molar-refractivity contribution in [3.63, 3.8) is 0 Å². The first-order chi connectivity index (χ1) is 8.52. The van der Waals surface area contributed by atoms with Crippen molar-refractivity contribution >= 4 is 11.8 Å². The summed E-state index contributed by atoms with van der Waals surface area (Å²) in [6.07, 6.45) is 6.06. The minimum atomic E-state index is -0.330. The molecule has 0 aromatic heterocycles. The van der Waals surface area contributed by atoms with Crippen LogP contribution in [0, 0.1) is 0 Å². The van der Waals surface area contributed by atoms with Crippen LogP contribution in [0.3, 0.4) is 0 Å². The highest BCUT2D eigenvalue weighted by atomic mass is 16.2. The molecule has 0 saturated carbocycles. The fourth-order valence-corrected chi connectivity index (χ4v) is 1.93. The largest absolute Gasteiger partial charge is 0.354 e. The van der Waals surface area contributed by atoms with Gasteiger partial charge in [-0.1, -0.05) is 6.08 Å². The van der Waals surface area contributed by atoms with Crippen molar-refractivity contribution in [2.24, 2.45) is 0 Å². The third kappa shape index (κ3) is 4.49. The van der Waals surface area contributed by atoms with Crippen LogP contribution in [0.25, 0.3) is 0 Å². The summed E-state index contributed by atoms with van der Waals surface area (Å²) in [6, 6.07) is -0.330. The first-order valence-corrected chi connectivity index (χ1v) is 6.38. The molecule has 18 heavy (non-hydrogen) atoms. The first kappa shape index (κ1) is 14.7. The first-order valence-electron chi connectivity index (χ1n) is 6.38. The highest BCUT2D eigenvalue weighted by Gasteiger charge is 2.26. The van der Waals surface area contributed by atoms with Crippen LogP contribution in [-0.4, -0.2) is 61.9 Å². The predicted octanol–water partition coefficient (Wildman–Crippen LogP) is 0.231. The Balaban J connectivity index is 2.55. The molecule has 0 radical (unpaired) electrons. The van der Waals surface area contributed by atoms with Crippen molar-refractivity contribution in [2.45, 2.75) is 25.3 Å². The van der Waals surface area contributed by atoms with Gasteiger partial charge in [-0.15, -0.1) is 0 Å². The van der Waals surface area contributed by atoms with Crippen LogP contribution in [0.15, 0.2) is 12.2 Å². The van der Waals surface area contributed by atoms with Crippen molar-refractivity contribution in [3.8, 4) is 0 Å². The minimum Gasteiger partial charge on any atom is -0.354 e. The normalized spacial score (nSPS) is 20.9. The smallest absolute Gasteiger partial charge is 0.246 e. The van der Waals surface area contributed by atoms with Gasteiger partial charge in [0.25, 0.3) is 0 Å². The molecule has 1 aliphatic rings. The molecule has 1 fully saturated rings. The van der Waals surface area contributed by atoms with Gasteiger partial charge in [0.2, 0.25) is 11.8 Å². The summed E-state index contributed by atoms with van der Waals surface area (Å²) in [5.41, 5.74) is 0. The summed E-state index contributed by atoms with van der Waals surface area (Å²) >= 11 is 0. The molecule has 0 aliphatic carbocycles. The Kier molecular flexibility index (Phi) is 5.85. The van der Waals surface area contributed by atoms with E-state index in [1.54, 1.807) is 7.05 Å². The molecule has 5 heteroatoms. The second-order valence-corrected chi connectivity index (χ2v) is 4.92. The lowest BCUT2D eigenvalue weighted by Gasteiger charge is -2.24. The van der Waals surface area contributed by atoms with Gasteiger partial charge in [0.1, 0.15) is 6.04 Å². The number of carbonyl (C=O) groups excluding carboxylic acids is 2. The fraction of sp³-hybridized carbons (Fsp3) is 0.692. The van der Waals surface area contributed by atoms with Crippen molar-refractivity contribution in [3.05, 3.63) is 12.2 Å². The molecule has 0 spiro atoms. The van der Waals surface area contributed by atoms with Gasteiger partial charge in [-0.05, 0) is 33.4 Å². The molecular formula is C13H23N3O2. The number of carbonyl (C=O) groups is 2. The fourth-order valence-electron chi connectivity index (χ4n) is 1.93. The van der Waals surface area contributed by atoms with E-state index in [1.807, 2.05) is 25.1 Å². The van der Waals surface area contributed by atoms with Gasteiger partial charge in [0.15, 0.2) is 0 Å². The molecule has 0 aromatic carbocycles. The minimum absolute atomic E-state index is 0.0376. The zero-order valence-corrected chi connectivity index (χ0v) is 11.5. The summed E-state index contributed by atoms with van der Waals surface area (Å²) in [5, 5.41) is 2.84. The highest BCUT2D eigenvalue weighted by Crippen LogP contribution is 2.11. The predicted molar refractivity (Wildman–Crippen MR) is 71.1 cm³/mol. The van der Waals surface area contributed by atoms with Gasteiger partial charge < -0.3 is 15.1 Å². The van der Waals surface area contributed by atoms with E-state index in [0.717, 1.165) is 25.8 Å². The average Bonchev–Trinajstić information content (AvgIpc) is 2.52. The van der Waals surface area contributed by atoms with E-state index in [1.165, 1.54) is 11.0 Å². The van der Waals surface area contributed by atoms with Crippen LogP contribution < -0.4 is 5.32 Å². The molecule has 0 aromatic rings. The van der Waals surface area contributed by atoms with E-state index in [2.05, 4.69) is 5.32 Å². The Hall–Kier alpha value is -1.36. The lowest BCUT2D eigenvalue weighted by Crippen LogP contribution is -2.46. The molecule has 1 heterocycles. The molecule has 1 N–H and O–H groups in total. The van der Waals surface area contributed by atoms with Gasteiger partial charge in [0, 0.05) is 26.2 Å². The van der Waals surface area contributed by atoms with Gasteiger partial charge in [-0.2, -0.15) is 0 Å². The van der Waals surface area contributed by atoms with Crippen LogP contribution in [-0.2, 0) is 9.59 Å². The van der Waals surface area contributed by atoms with E-state index in [9.17, 15) is 9.59 Å². The second-order valence-electron chi connectivity index (χ2n) is 4.92. The zero-order chi connectivity index (χ0) is 13.5. The van der Waals surface area contributed by atoms with Crippen molar-refractivity contribution in [1.82, 2.24) is 15.1 Å². The van der Waals surface area contributed by atoms with E-state index in [0.29, 0.717) is 6.54 Å². The summed E-state index contributed by atoms with van der Waals surface area (Å²) in [5.74, 6) is -0.150. The van der Waals surface area contributed by atoms with Gasteiger partial charge >= 0.3 is 0 Å². The SMILES string of the molecule is CN(C)C/C=C/C(=O)N(C)C1CCCCNC1=O. The maximum absolute atomic E-state index is 11.9. The molecule has 1 saturated heterocycles. The maximum Gasteiger partial charge on any atom is 0.246 e. The van der Waals surface area contributed by atoms with E-state index in [-0.39, 0.29) is 17.9 Å². The number of amides is 2. The zero-order valence-electron chi connectivity index (χ0n) is 11.5. The Bertz CT molecular complexity index is 326. The Morgan fingerprint density at radius 1 is 1.39 bits per heavy atom. The number of hydrogen-bond donors (Lipinski definition) is 1. The molecule has 0 bridgehead atoms. The molecule has 1 atom stereocenters. The Morgan fingerprint density at radius 2 is 2.11 bits per heavy atom. The lowest BCUT2D eigenvalue weighted by atomic mass is 10.1. The second kappa shape index (κ2) is 7.16. The quantitative estimate of drug-likeness (QED) is 0.730. The monoisotopic (exact) mass is 253 g/mol. The number of nitrogens with one attached hydrogen (secondary N) is 1. The third-order valence-corrected chi connectivity index (χ3v) is 3.05. The molecule has 1 unspecified atom stereocenters. The number of hydrogen-bond acceptors (Lipinski definition) is 3. The molecule has 5 nitrogen and oxygen atoms in total. The summed E-state index contributed by atoms with van der Waals surface area (Å²) in [4.78, 5) is 27.2. The van der Waals surface area contributed by atoms with Crippen LogP contribution in [0.5, 0.6) is 0 Å². The number of nitrogens with zero attached hydrogens (tertiary/aromatic N) is 2. The molecule has 1 rings (SSSR count). The van der Waals surface area contributed by atoms with Gasteiger partial charge in [-0.25, -0.2) is 0 Å². The van der Waals surface area contributed by atoms with Crippen LogP contribution in [0.2, 0.25) is 0 Å². The van der Waals surface area contributed by atoms with E-state index in [4.69, 9.17) is 0 Å². The molecule has 2 amide bonds. The van der Waals surface area contributed by atoms with E-state index < -0.39 is 0 Å². The van der Waals surface area contributed by atoms with Crippen molar-refractivity contribution < 1.29 is 9.59 Å². The van der Waals surface area contributed by atoms with Gasteiger partial charge in [0.05, 0.1) is 0 Å². The summed E-state index contributed by atoms with van der Waals surface area (Å²) in [7, 11) is 5.58. The summed E-state index contributed by atoms with van der Waals surface area (Å²) < 4.78 is 0. The van der Waals surface area contributed by atoms with Gasteiger partial charge in [-0.3, -0.25) is 9.59 Å². The van der Waals surface area contributed by atoms with Crippen LogP contribution in [0.1, 0.15) is 19.3 Å². The lowest BCUT2D eigenvalue weighted by molar-refractivity contribution is -0.135. The Morgan fingerprint density at radius 3 is 2.78 bits per heavy atom. The third-order valence-electron chi connectivity index (χ3n) is 3.05. The molecule has 102 valence electrons. The van der Waals surface area contributed by atoms with E-state index >= 15 is 0 Å². The number of likely N-dealkylation sites (N-methyl/N-ethyl adjacent to an activating group) is 2. The average molecular weight is 253 g/mol. The Labute approximate surface area is 109 Å². The highest BCUT2D eigenvalue weighted by molar-refractivity contribution is 5.92. The number of rotatable bonds is 4. The van der Waals surface area contributed by atoms with Crippen molar-refractivity contribution in [2.75, 3.05) is 34.2 Å². The van der Waals surface area contributed by atoms with Crippen LogP contribution in [0.4, 0.5) is 0 Å².